The maximum Gasteiger partial charge on any atom is 0.251 e. The lowest BCUT2D eigenvalue weighted by molar-refractivity contribution is -0.111. The van der Waals surface area contributed by atoms with Crippen molar-refractivity contribution in [2.24, 2.45) is 17.1 Å². The van der Waals surface area contributed by atoms with Crippen LogP contribution in [-0.2, 0) is 17.6 Å². The molecule has 1 aliphatic rings. The Kier molecular flexibility index (Phi) is 5.96. The van der Waals surface area contributed by atoms with Crippen molar-refractivity contribution >= 4 is 45.8 Å². The number of hydrogen-bond donors (Lipinski definition) is 2. The molecule has 0 aliphatic heterocycles. The highest BCUT2D eigenvalue weighted by atomic mass is 35.5. The molecule has 1 aromatic carbocycles. The van der Waals surface area contributed by atoms with Gasteiger partial charge in [0.25, 0.3) is 5.91 Å². The summed E-state index contributed by atoms with van der Waals surface area (Å²) in [6.45, 7) is 6.74. The Bertz CT molecular complexity index is 923. The first-order valence-electron chi connectivity index (χ1n) is 9.34. The van der Waals surface area contributed by atoms with Crippen molar-refractivity contribution in [1.29, 1.82) is 0 Å². The molecule has 0 spiro atoms. The number of nitrogens with two attached hydrogens (primary N) is 1. The zero-order chi connectivity index (χ0) is 20.5. The van der Waals surface area contributed by atoms with Gasteiger partial charge in [0.2, 0.25) is 5.91 Å². The van der Waals surface area contributed by atoms with E-state index in [9.17, 15) is 9.59 Å². The van der Waals surface area contributed by atoms with Gasteiger partial charge in [0.1, 0.15) is 5.00 Å². The second kappa shape index (κ2) is 8.10. The Balaban J connectivity index is 1.80. The summed E-state index contributed by atoms with van der Waals surface area (Å²) in [6.07, 6.45) is 5.92. The predicted molar refractivity (Wildman–Crippen MR) is 117 cm³/mol. The smallest absolute Gasteiger partial charge is 0.251 e. The molecule has 2 amide bonds. The van der Waals surface area contributed by atoms with Gasteiger partial charge in [-0.05, 0) is 59.9 Å². The molecule has 0 unspecified atom stereocenters. The van der Waals surface area contributed by atoms with Crippen LogP contribution in [0.5, 0.6) is 0 Å². The van der Waals surface area contributed by atoms with E-state index in [0.717, 1.165) is 35.3 Å². The molecular formula is C22H25ClN2O2S. The van der Waals surface area contributed by atoms with Gasteiger partial charge < -0.3 is 11.1 Å². The number of benzene rings is 1. The number of carbonyl (C=O) groups is 2. The third kappa shape index (κ3) is 4.65. The molecule has 0 radical (unpaired) electrons. The summed E-state index contributed by atoms with van der Waals surface area (Å²) in [4.78, 5) is 25.6. The average Bonchev–Trinajstić information content (AvgIpc) is 2.97. The largest absolute Gasteiger partial charge is 0.365 e. The van der Waals surface area contributed by atoms with Crippen molar-refractivity contribution in [2.75, 3.05) is 5.32 Å². The van der Waals surface area contributed by atoms with E-state index in [4.69, 9.17) is 17.3 Å². The molecule has 28 heavy (non-hydrogen) atoms. The van der Waals surface area contributed by atoms with Crippen molar-refractivity contribution in [2.45, 2.75) is 40.0 Å². The van der Waals surface area contributed by atoms with E-state index in [-0.39, 0.29) is 11.3 Å². The Hall–Kier alpha value is -2.11. The number of amides is 2. The minimum atomic E-state index is -0.483. The monoisotopic (exact) mass is 416 g/mol. The fourth-order valence-electron chi connectivity index (χ4n) is 3.57. The predicted octanol–water partition coefficient (Wildman–Crippen LogP) is 5.30. The maximum atomic E-state index is 12.4. The molecule has 0 fully saturated rings. The summed E-state index contributed by atoms with van der Waals surface area (Å²) in [5.74, 6) is -0.222. The van der Waals surface area contributed by atoms with Crippen LogP contribution in [0.25, 0.3) is 6.08 Å². The molecule has 2 aromatic rings. The molecule has 0 bridgehead atoms. The van der Waals surface area contributed by atoms with E-state index >= 15 is 0 Å². The number of primary amides is 1. The van der Waals surface area contributed by atoms with Crippen LogP contribution in [0, 0.1) is 11.3 Å². The quantitative estimate of drug-likeness (QED) is 0.663. The number of rotatable bonds is 4. The number of nitrogens with one attached hydrogen (secondary N) is 1. The molecule has 3 rings (SSSR count). The van der Waals surface area contributed by atoms with Gasteiger partial charge in [0, 0.05) is 16.0 Å². The first kappa shape index (κ1) is 20.6. The van der Waals surface area contributed by atoms with Crippen molar-refractivity contribution < 1.29 is 9.59 Å². The molecule has 3 N–H and O–H groups in total. The summed E-state index contributed by atoms with van der Waals surface area (Å²) in [7, 11) is 0. The van der Waals surface area contributed by atoms with E-state index in [0.29, 0.717) is 21.5 Å². The van der Waals surface area contributed by atoms with Crippen molar-refractivity contribution in [3.05, 3.63) is 56.9 Å². The number of anilines is 1. The van der Waals surface area contributed by atoms with Crippen LogP contribution in [0.3, 0.4) is 0 Å². The fraction of sp³-hybridized carbons (Fsp3) is 0.364. The van der Waals surface area contributed by atoms with Crippen molar-refractivity contribution in [3.8, 4) is 0 Å². The molecule has 148 valence electrons. The molecule has 1 atom stereocenters. The van der Waals surface area contributed by atoms with Gasteiger partial charge in [-0.1, -0.05) is 44.5 Å². The molecule has 4 nitrogen and oxygen atoms in total. The molecule has 0 saturated carbocycles. The standard InChI is InChI=1S/C22H25ClN2O2S/c1-22(2,3)14-7-10-16-17(12-14)28-21(19(16)20(24)27)25-18(26)11-6-13-4-8-15(23)9-5-13/h4-6,8-9,11,14H,7,10,12H2,1-3H3,(H2,24,27)(H,25,26)/b11-6+/t14-/m1/s1. The maximum absolute atomic E-state index is 12.4. The normalized spacial score (nSPS) is 16.8. The molecule has 6 heteroatoms. The Morgan fingerprint density at radius 3 is 2.54 bits per heavy atom. The van der Waals surface area contributed by atoms with Gasteiger partial charge in [0.05, 0.1) is 5.56 Å². The molecule has 0 saturated heterocycles. The highest BCUT2D eigenvalue weighted by molar-refractivity contribution is 7.17. The zero-order valence-electron chi connectivity index (χ0n) is 16.3. The average molecular weight is 417 g/mol. The first-order valence-corrected chi connectivity index (χ1v) is 10.5. The Morgan fingerprint density at radius 2 is 1.93 bits per heavy atom. The van der Waals surface area contributed by atoms with Gasteiger partial charge in [-0.25, -0.2) is 0 Å². The minimum Gasteiger partial charge on any atom is -0.365 e. The van der Waals surface area contributed by atoms with E-state index in [2.05, 4.69) is 26.1 Å². The summed E-state index contributed by atoms with van der Waals surface area (Å²) in [5.41, 5.74) is 8.20. The third-order valence-electron chi connectivity index (χ3n) is 5.27. The highest BCUT2D eigenvalue weighted by Crippen LogP contribution is 2.44. The van der Waals surface area contributed by atoms with Crippen LogP contribution >= 0.6 is 22.9 Å². The van der Waals surface area contributed by atoms with Crippen LogP contribution in [0.4, 0.5) is 5.00 Å². The summed E-state index contributed by atoms with van der Waals surface area (Å²) >= 11 is 7.35. The number of hydrogen-bond acceptors (Lipinski definition) is 3. The highest BCUT2D eigenvalue weighted by Gasteiger charge is 2.33. The number of fused-ring (bicyclic) bond motifs is 1. The lowest BCUT2D eigenvalue weighted by Crippen LogP contribution is -2.27. The SMILES string of the molecule is CC(C)(C)[C@@H]1CCc2c(sc(NC(=O)/C=C/c3ccc(Cl)cc3)c2C(N)=O)C1. The Labute approximate surface area is 174 Å². The number of halogens is 1. The second-order valence-electron chi connectivity index (χ2n) is 8.25. The topological polar surface area (TPSA) is 72.2 Å². The van der Waals surface area contributed by atoms with Crippen LogP contribution in [0.1, 0.15) is 53.6 Å². The lowest BCUT2D eigenvalue weighted by Gasteiger charge is -2.33. The van der Waals surface area contributed by atoms with E-state index in [1.165, 1.54) is 17.4 Å². The van der Waals surface area contributed by atoms with Crippen LogP contribution in [0.2, 0.25) is 5.02 Å². The van der Waals surface area contributed by atoms with Gasteiger partial charge in [0.15, 0.2) is 0 Å². The fourth-order valence-corrected chi connectivity index (χ4v) is 5.03. The first-order chi connectivity index (χ1) is 13.1. The molecule has 1 aliphatic carbocycles. The third-order valence-corrected chi connectivity index (χ3v) is 6.69. The summed E-state index contributed by atoms with van der Waals surface area (Å²) < 4.78 is 0. The van der Waals surface area contributed by atoms with Crippen molar-refractivity contribution in [1.82, 2.24) is 0 Å². The van der Waals surface area contributed by atoms with Crippen LogP contribution in [-0.4, -0.2) is 11.8 Å². The van der Waals surface area contributed by atoms with Crippen LogP contribution in [0.15, 0.2) is 30.3 Å². The van der Waals surface area contributed by atoms with Gasteiger partial charge in [-0.3, -0.25) is 9.59 Å². The number of thiophene rings is 1. The number of carbonyl (C=O) groups excluding carboxylic acids is 2. The van der Waals surface area contributed by atoms with E-state index in [1.54, 1.807) is 18.2 Å². The molecule has 1 heterocycles. The van der Waals surface area contributed by atoms with E-state index in [1.807, 2.05) is 12.1 Å². The molecular weight excluding hydrogens is 392 g/mol. The zero-order valence-corrected chi connectivity index (χ0v) is 17.9. The van der Waals surface area contributed by atoms with Gasteiger partial charge >= 0.3 is 0 Å². The Morgan fingerprint density at radius 1 is 1.25 bits per heavy atom. The van der Waals surface area contributed by atoms with Crippen LogP contribution < -0.4 is 11.1 Å². The lowest BCUT2D eigenvalue weighted by atomic mass is 9.72. The second-order valence-corrected chi connectivity index (χ2v) is 9.79. The van der Waals surface area contributed by atoms with Gasteiger partial charge in [-0.15, -0.1) is 11.3 Å². The minimum absolute atomic E-state index is 0.208. The summed E-state index contributed by atoms with van der Waals surface area (Å²) in [5, 5.41) is 4.05. The van der Waals surface area contributed by atoms with E-state index < -0.39 is 5.91 Å². The molecule has 1 aromatic heterocycles. The van der Waals surface area contributed by atoms with Gasteiger partial charge in [-0.2, -0.15) is 0 Å². The summed E-state index contributed by atoms with van der Waals surface area (Å²) in [6, 6.07) is 7.20. The van der Waals surface area contributed by atoms with Crippen molar-refractivity contribution in [3.63, 3.8) is 0 Å².